The summed E-state index contributed by atoms with van der Waals surface area (Å²) in [4.78, 5) is 43.2. The van der Waals surface area contributed by atoms with E-state index in [1.54, 1.807) is 54.7 Å². The number of hydrogen-bond donors (Lipinski definition) is 1. The van der Waals surface area contributed by atoms with Crippen LogP contribution in [0.1, 0.15) is 21.5 Å². The molecule has 0 saturated heterocycles. The Balaban J connectivity index is 1.46. The van der Waals surface area contributed by atoms with Crippen molar-refractivity contribution in [3.8, 4) is 5.69 Å². The molecule has 1 amide bonds. The van der Waals surface area contributed by atoms with Gasteiger partial charge in [-0.15, -0.1) is 0 Å². The van der Waals surface area contributed by atoms with Gasteiger partial charge in [0.1, 0.15) is 5.82 Å². The molecule has 0 spiro atoms. The van der Waals surface area contributed by atoms with Gasteiger partial charge in [-0.2, -0.15) is 0 Å². The first-order valence-electron chi connectivity index (χ1n) is 11.3. The second kappa shape index (κ2) is 9.79. The Bertz CT molecular complexity index is 1660. The van der Waals surface area contributed by atoms with E-state index in [0.717, 1.165) is 11.1 Å². The smallest absolute Gasteiger partial charge is 0.322 e. The lowest BCUT2D eigenvalue weighted by molar-refractivity contribution is 0.0951. The zero-order valence-electron chi connectivity index (χ0n) is 19.1. The maximum Gasteiger partial charge on any atom is 0.322 e. The molecule has 1 N–H and O–H groups in total. The highest BCUT2D eigenvalue weighted by molar-refractivity contribution is 5.94. The molecule has 178 valence electrons. The molecular formula is C28H21FN4O3. The fourth-order valence-corrected chi connectivity index (χ4v) is 4.00. The molecule has 0 aliphatic rings. The Hall–Kier alpha value is -4.85. The number of nitrogens with one attached hydrogen (secondary N) is 1. The van der Waals surface area contributed by atoms with E-state index >= 15 is 0 Å². The van der Waals surface area contributed by atoms with Crippen molar-refractivity contribution in [2.45, 2.75) is 13.1 Å². The predicted octanol–water partition coefficient (Wildman–Crippen LogP) is 3.66. The van der Waals surface area contributed by atoms with E-state index in [9.17, 15) is 18.8 Å². The molecule has 0 atom stereocenters. The van der Waals surface area contributed by atoms with E-state index in [1.807, 2.05) is 30.3 Å². The summed E-state index contributed by atoms with van der Waals surface area (Å²) in [5, 5.41) is 2.78. The number of hydrogen-bond acceptors (Lipinski definition) is 4. The summed E-state index contributed by atoms with van der Waals surface area (Å²) in [6.07, 6.45) is 1.56. The van der Waals surface area contributed by atoms with Gasteiger partial charge in [0.25, 0.3) is 5.91 Å². The van der Waals surface area contributed by atoms with E-state index < -0.39 is 11.1 Å². The zero-order valence-corrected chi connectivity index (χ0v) is 19.1. The van der Waals surface area contributed by atoms with E-state index in [0.29, 0.717) is 22.4 Å². The third-order valence-corrected chi connectivity index (χ3v) is 5.84. The van der Waals surface area contributed by atoms with Crippen molar-refractivity contribution in [3.05, 3.63) is 140 Å². The summed E-state index contributed by atoms with van der Waals surface area (Å²) >= 11 is 0. The largest absolute Gasteiger partial charge is 0.348 e. The van der Waals surface area contributed by atoms with Crippen LogP contribution in [0.3, 0.4) is 0 Å². The van der Waals surface area contributed by atoms with Gasteiger partial charge in [0, 0.05) is 18.3 Å². The highest BCUT2D eigenvalue weighted by Crippen LogP contribution is 2.15. The zero-order chi connectivity index (χ0) is 25.1. The van der Waals surface area contributed by atoms with Crippen LogP contribution < -0.4 is 16.4 Å². The van der Waals surface area contributed by atoms with Crippen LogP contribution in [0, 0.1) is 5.82 Å². The maximum absolute atomic E-state index is 13.2. The predicted molar refractivity (Wildman–Crippen MR) is 135 cm³/mol. The topological polar surface area (TPSA) is 86.0 Å². The summed E-state index contributed by atoms with van der Waals surface area (Å²) in [5.41, 5.74) is 1.91. The van der Waals surface area contributed by atoms with Gasteiger partial charge in [-0.05, 0) is 59.7 Å². The van der Waals surface area contributed by atoms with Crippen LogP contribution in [0.2, 0.25) is 0 Å². The molecule has 8 heteroatoms. The van der Waals surface area contributed by atoms with Crippen LogP contribution in [-0.2, 0) is 13.1 Å². The molecule has 0 bridgehead atoms. The highest BCUT2D eigenvalue weighted by Gasteiger charge is 2.16. The van der Waals surface area contributed by atoms with E-state index in [4.69, 9.17) is 0 Å². The molecule has 5 aromatic rings. The van der Waals surface area contributed by atoms with E-state index in [1.165, 1.54) is 21.3 Å². The second-order valence-electron chi connectivity index (χ2n) is 8.22. The Morgan fingerprint density at radius 2 is 1.53 bits per heavy atom. The lowest BCUT2D eigenvalue weighted by Gasteiger charge is -2.14. The molecule has 7 nitrogen and oxygen atoms in total. The normalized spacial score (nSPS) is 10.9. The van der Waals surface area contributed by atoms with Gasteiger partial charge in [-0.1, -0.05) is 42.5 Å². The van der Waals surface area contributed by atoms with Crippen LogP contribution in [0.5, 0.6) is 0 Å². The van der Waals surface area contributed by atoms with Gasteiger partial charge >= 0.3 is 11.1 Å². The van der Waals surface area contributed by atoms with Gasteiger partial charge in [0.05, 0.1) is 17.7 Å². The SMILES string of the molecule is O=C(NCc1ccc(F)cc1)c1ccc(-n2c(=O)c(=O)n(Cc3ccccc3)c3cccnc32)cc1. The Labute approximate surface area is 205 Å². The first-order valence-corrected chi connectivity index (χ1v) is 11.3. The fraction of sp³-hybridized carbons (Fsp3) is 0.0714. The van der Waals surface area contributed by atoms with Crippen molar-refractivity contribution in [1.82, 2.24) is 19.4 Å². The number of pyridine rings is 1. The van der Waals surface area contributed by atoms with Gasteiger partial charge in [-0.25, -0.2) is 9.37 Å². The molecule has 0 fully saturated rings. The number of nitrogens with zero attached hydrogens (tertiary/aromatic N) is 3. The number of halogens is 1. The maximum atomic E-state index is 13.2. The highest BCUT2D eigenvalue weighted by atomic mass is 19.1. The number of aromatic nitrogens is 3. The summed E-state index contributed by atoms with van der Waals surface area (Å²) in [5.74, 6) is -0.662. The van der Waals surface area contributed by atoms with Crippen LogP contribution in [0.25, 0.3) is 16.9 Å². The molecular weight excluding hydrogens is 459 g/mol. The minimum Gasteiger partial charge on any atom is -0.348 e. The average molecular weight is 480 g/mol. The summed E-state index contributed by atoms with van der Waals surface area (Å²) in [7, 11) is 0. The number of carbonyl (C=O) groups is 1. The third kappa shape index (κ3) is 4.56. The Morgan fingerprint density at radius 1 is 0.806 bits per heavy atom. The molecule has 0 radical (unpaired) electrons. The number of fused-ring (bicyclic) bond motifs is 1. The van der Waals surface area contributed by atoms with Gasteiger partial charge in [-0.3, -0.25) is 23.5 Å². The lowest BCUT2D eigenvalue weighted by Crippen LogP contribution is -2.41. The van der Waals surface area contributed by atoms with Crippen molar-refractivity contribution >= 4 is 17.1 Å². The molecule has 2 heterocycles. The number of rotatable bonds is 6. The number of amides is 1. The molecule has 5 rings (SSSR count). The molecule has 3 aromatic carbocycles. The average Bonchev–Trinajstić information content (AvgIpc) is 2.92. The van der Waals surface area contributed by atoms with Gasteiger partial charge < -0.3 is 5.32 Å². The molecule has 2 aromatic heterocycles. The second-order valence-corrected chi connectivity index (χ2v) is 8.22. The minimum absolute atomic E-state index is 0.241. The molecule has 0 aliphatic heterocycles. The number of benzene rings is 3. The van der Waals surface area contributed by atoms with Crippen LogP contribution >= 0.6 is 0 Å². The number of carbonyl (C=O) groups excluding carboxylic acids is 1. The Kier molecular flexibility index (Phi) is 6.23. The molecule has 0 saturated carbocycles. The van der Waals surface area contributed by atoms with Gasteiger partial charge in [0.15, 0.2) is 5.65 Å². The minimum atomic E-state index is -0.731. The Morgan fingerprint density at radius 3 is 2.25 bits per heavy atom. The first-order chi connectivity index (χ1) is 17.5. The summed E-state index contributed by atoms with van der Waals surface area (Å²) < 4.78 is 15.8. The van der Waals surface area contributed by atoms with Crippen molar-refractivity contribution in [3.63, 3.8) is 0 Å². The quantitative estimate of drug-likeness (QED) is 0.376. The van der Waals surface area contributed by atoms with Crippen molar-refractivity contribution < 1.29 is 9.18 Å². The van der Waals surface area contributed by atoms with E-state index in [2.05, 4.69) is 10.3 Å². The van der Waals surface area contributed by atoms with E-state index in [-0.39, 0.29) is 24.8 Å². The molecule has 36 heavy (non-hydrogen) atoms. The van der Waals surface area contributed by atoms with Crippen molar-refractivity contribution in [2.24, 2.45) is 0 Å². The summed E-state index contributed by atoms with van der Waals surface area (Å²) in [6, 6.07) is 25.1. The standard InChI is InChI=1S/C28H21FN4O3/c29-22-12-8-19(9-13-22)17-31-26(34)21-10-14-23(15-11-21)33-25-24(7-4-16-30-25)32(27(35)28(33)36)18-20-5-2-1-3-6-20/h1-16H,17-18H2,(H,31,34). The van der Waals surface area contributed by atoms with Gasteiger partial charge in [0.2, 0.25) is 0 Å². The first kappa shape index (κ1) is 22.9. The fourth-order valence-electron chi connectivity index (χ4n) is 4.00. The third-order valence-electron chi connectivity index (χ3n) is 5.84. The lowest BCUT2D eigenvalue weighted by atomic mass is 10.1. The monoisotopic (exact) mass is 480 g/mol. The van der Waals surface area contributed by atoms with Crippen LogP contribution in [-0.4, -0.2) is 20.0 Å². The molecule has 0 aliphatic carbocycles. The van der Waals surface area contributed by atoms with Crippen molar-refractivity contribution in [1.29, 1.82) is 0 Å². The summed E-state index contributed by atoms with van der Waals surface area (Å²) in [6.45, 7) is 0.486. The van der Waals surface area contributed by atoms with Crippen molar-refractivity contribution in [2.75, 3.05) is 0 Å². The van der Waals surface area contributed by atoms with Crippen LogP contribution in [0.15, 0.2) is 107 Å². The van der Waals surface area contributed by atoms with Crippen LogP contribution in [0.4, 0.5) is 4.39 Å². The molecule has 0 unspecified atom stereocenters.